The lowest BCUT2D eigenvalue weighted by Gasteiger charge is -2.20. The summed E-state index contributed by atoms with van der Waals surface area (Å²) < 4.78 is 0. The second-order valence-corrected chi connectivity index (χ2v) is 6.65. The summed E-state index contributed by atoms with van der Waals surface area (Å²) in [5, 5.41) is 18.9. The molecule has 0 aromatic carbocycles. The van der Waals surface area contributed by atoms with Crippen LogP contribution in [0.2, 0.25) is 0 Å². The minimum atomic E-state index is -0.907. The van der Waals surface area contributed by atoms with Gasteiger partial charge in [-0.3, -0.25) is 0 Å². The first-order chi connectivity index (χ1) is 9.60. The van der Waals surface area contributed by atoms with Crippen molar-refractivity contribution in [1.29, 1.82) is 0 Å². The Hall–Kier alpha value is 0.01000. The molecule has 0 fully saturated rings. The van der Waals surface area contributed by atoms with E-state index in [1.54, 1.807) is 18.3 Å². The molecule has 0 bridgehead atoms. The molecule has 122 valence electrons. The lowest BCUT2D eigenvalue weighted by Crippen LogP contribution is -2.39. The van der Waals surface area contributed by atoms with Gasteiger partial charge in [-0.05, 0) is 43.7 Å². The van der Waals surface area contributed by atoms with E-state index in [1.807, 2.05) is 36.2 Å². The number of nitrogens with zero attached hydrogens (tertiary/aromatic N) is 1. The molecule has 1 heterocycles. The van der Waals surface area contributed by atoms with Gasteiger partial charge in [0.2, 0.25) is 0 Å². The summed E-state index contributed by atoms with van der Waals surface area (Å²) in [6.07, 6.45) is 3.21. The van der Waals surface area contributed by atoms with Gasteiger partial charge in [-0.2, -0.15) is 11.8 Å². The lowest BCUT2D eigenvalue weighted by molar-refractivity contribution is 0.0711. The van der Waals surface area contributed by atoms with Crippen LogP contribution in [-0.2, 0) is 5.60 Å². The third kappa shape index (κ3) is 8.27. The molecule has 3 N–H and O–H groups in total. The van der Waals surface area contributed by atoms with E-state index in [9.17, 15) is 5.11 Å². The van der Waals surface area contributed by atoms with Crippen molar-refractivity contribution in [2.24, 2.45) is 4.99 Å². The van der Waals surface area contributed by atoms with Gasteiger partial charge in [-0.25, -0.2) is 4.99 Å². The molecule has 0 aliphatic carbocycles. The first-order valence-electron chi connectivity index (χ1n) is 6.87. The molecule has 1 aromatic rings. The van der Waals surface area contributed by atoms with E-state index in [1.165, 1.54) is 0 Å². The molecule has 0 radical (unpaired) electrons. The van der Waals surface area contributed by atoms with Crippen LogP contribution in [0.25, 0.3) is 0 Å². The van der Waals surface area contributed by atoms with E-state index in [4.69, 9.17) is 0 Å². The lowest BCUT2D eigenvalue weighted by atomic mass is 10.1. The maximum absolute atomic E-state index is 10.4. The van der Waals surface area contributed by atoms with Crippen molar-refractivity contribution >= 4 is 53.0 Å². The normalized spacial score (nSPS) is 14.2. The Morgan fingerprint density at radius 2 is 2.24 bits per heavy atom. The molecule has 0 amide bonds. The average molecular weight is 443 g/mol. The van der Waals surface area contributed by atoms with E-state index < -0.39 is 5.60 Å². The summed E-state index contributed by atoms with van der Waals surface area (Å²) in [4.78, 5) is 5.43. The molecular weight excluding hydrogens is 417 g/mol. The van der Waals surface area contributed by atoms with Gasteiger partial charge in [0, 0.05) is 18.0 Å². The number of nitrogens with one attached hydrogen (secondary N) is 2. The second-order valence-electron chi connectivity index (χ2n) is 4.72. The molecule has 1 atom stereocenters. The molecule has 0 saturated heterocycles. The third-order valence-corrected chi connectivity index (χ3v) is 4.58. The minimum Gasteiger partial charge on any atom is -0.383 e. The Morgan fingerprint density at radius 3 is 2.81 bits per heavy atom. The maximum Gasteiger partial charge on any atom is 0.191 e. The fourth-order valence-electron chi connectivity index (χ4n) is 1.66. The van der Waals surface area contributed by atoms with Crippen molar-refractivity contribution in [2.75, 3.05) is 31.6 Å². The summed E-state index contributed by atoms with van der Waals surface area (Å²) in [7, 11) is 0. The van der Waals surface area contributed by atoms with Crippen molar-refractivity contribution in [3.05, 3.63) is 22.4 Å². The fourth-order valence-corrected chi connectivity index (χ4v) is 2.87. The fraction of sp³-hybridized carbons (Fsp3) is 0.643. The second kappa shape index (κ2) is 11.6. The molecule has 0 saturated carbocycles. The first-order valence-corrected chi connectivity index (χ1v) is 9.15. The van der Waals surface area contributed by atoms with Gasteiger partial charge in [0.25, 0.3) is 0 Å². The van der Waals surface area contributed by atoms with Gasteiger partial charge < -0.3 is 15.7 Å². The van der Waals surface area contributed by atoms with E-state index >= 15 is 0 Å². The van der Waals surface area contributed by atoms with Gasteiger partial charge >= 0.3 is 0 Å². The van der Waals surface area contributed by atoms with Gasteiger partial charge in [0.05, 0.1) is 6.54 Å². The Labute approximate surface area is 153 Å². The number of aliphatic imine (C=N–C) groups is 1. The summed E-state index contributed by atoms with van der Waals surface area (Å²) in [6, 6.07) is 3.89. The third-order valence-electron chi connectivity index (χ3n) is 2.76. The van der Waals surface area contributed by atoms with Crippen LogP contribution in [0.15, 0.2) is 22.5 Å². The highest BCUT2D eigenvalue weighted by atomic mass is 127. The standard InChI is InChI=1S/C14H25N3OS2.HI/c1-4-15-13(16-8-6-9-19-3)17-11-14(2,18)12-7-5-10-20-12;/h5,7,10,18H,4,6,8-9,11H2,1-3H3,(H2,15,16,17);1H. The highest BCUT2D eigenvalue weighted by Gasteiger charge is 2.23. The predicted molar refractivity (Wildman–Crippen MR) is 106 cm³/mol. The first kappa shape index (κ1) is 21.0. The predicted octanol–water partition coefficient (Wildman–Crippen LogP) is 2.88. The van der Waals surface area contributed by atoms with Crippen LogP contribution < -0.4 is 10.6 Å². The average Bonchev–Trinajstić information content (AvgIpc) is 2.95. The van der Waals surface area contributed by atoms with Crippen LogP contribution in [0.4, 0.5) is 0 Å². The SMILES string of the molecule is CCNC(=NCC(C)(O)c1cccs1)NCCCSC.I. The van der Waals surface area contributed by atoms with Crippen LogP contribution in [0.1, 0.15) is 25.1 Å². The molecule has 0 aliphatic heterocycles. The zero-order chi connectivity index (χ0) is 14.8. The Morgan fingerprint density at radius 1 is 1.48 bits per heavy atom. The molecule has 1 rings (SSSR count). The number of halogens is 1. The topological polar surface area (TPSA) is 56.7 Å². The van der Waals surface area contributed by atoms with Crippen LogP contribution in [0.3, 0.4) is 0 Å². The summed E-state index contributed by atoms with van der Waals surface area (Å²) in [6.45, 7) is 5.91. The number of thioether (sulfide) groups is 1. The monoisotopic (exact) mass is 443 g/mol. The van der Waals surface area contributed by atoms with E-state index in [-0.39, 0.29) is 24.0 Å². The molecule has 0 spiro atoms. The van der Waals surface area contributed by atoms with Gasteiger partial charge in [0.1, 0.15) is 5.60 Å². The zero-order valence-corrected chi connectivity index (χ0v) is 16.9. The number of rotatable bonds is 8. The molecule has 4 nitrogen and oxygen atoms in total. The van der Waals surface area contributed by atoms with E-state index in [0.29, 0.717) is 6.54 Å². The number of guanidine groups is 1. The molecular formula is C14H26IN3OS2. The number of thiophene rings is 1. The van der Waals surface area contributed by atoms with E-state index in [2.05, 4.69) is 21.9 Å². The van der Waals surface area contributed by atoms with E-state index in [0.717, 1.165) is 36.1 Å². The van der Waals surface area contributed by atoms with Crippen LogP contribution in [0.5, 0.6) is 0 Å². The number of hydrogen-bond acceptors (Lipinski definition) is 4. The summed E-state index contributed by atoms with van der Waals surface area (Å²) in [5.41, 5.74) is -0.907. The molecule has 7 heteroatoms. The van der Waals surface area contributed by atoms with Gasteiger partial charge in [-0.1, -0.05) is 6.07 Å². The zero-order valence-electron chi connectivity index (χ0n) is 12.9. The highest BCUT2D eigenvalue weighted by molar-refractivity contribution is 14.0. The van der Waals surface area contributed by atoms with Crippen LogP contribution in [0, 0.1) is 0 Å². The van der Waals surface area contributed by atoms with Crippen LogP contribution >= 0.6 is 47.1 Å². The molecule has 1 aromatic heterocycles. The Balaban J connectivity index is 0.00000400. The van der Waals surface area contributed by atoms with Gasteiger partial charge in [0.15, 0.2) is 5.96 Å². The van der Waals surface area contributed by atoms with Crippen LogP contribution in [-0.4, -0.2) is 42.7 Å². The number of aliphatic hydroxyl groups is 1. The van der Waals surface area contributed by atoms with Gasteiger partial charge in [-0.15, -0.1) is 35.3 Å². The summed E-state index contributed by atoms with van der Waals surface area (Å²) >= 11 is 3.40. The largest absolute Gasteiger partial charge is 0.383 e. The smallest absolute Gasteiger partial charge is 0.191 e. The van der Waals surface area contributed by atoms with Crippen molar-refractivity contribution < 1.29 is 5.11 Å². The maximum atomic E-state index is 10.4. The molecule has 21 heavy (non-hydrogen) atoms. The molecule has 1 unspecified atom stereocenters. The van der Waals surface area contributed by atoms with Crippen molar-refractivity contribution in [3.8, 4) is 0 Å². The number of hydrogen-bond donors (Lipinski definition) is 3. The van der Waals surface area contributed by atoms with Crippen molar-refractivity contribution in [3.63, 3.8) is 0 Å². The quantitative estimate of drug-likeness (QED) is 0.250. The highest BCUT2D eigenvalue weighted by Crippen LogP contribution is 2.25. The Kier molecular flexibility index (Phi) is 11.6. The summed E-state index contributed by atoms with van der Waals surface area (Å²) in [5.74, 6) is 1.91. The van der Waals surface area contributed by atoms with Crippen molar-refractivity contribution in [2.45, 2.75) is 25.9 Å². The molecule has 0 aliphatic rings. The van der Waals surface area contributed by atoms with Crippen molar-refractivity contribution in [1.82, 2.24) is 10.6 Å². The Bertz CT molecular complexity index is 397. The minimum absolute atomic E-state index is 0.